The quantitative estimate of drug-likeness (QED) is 0.250. The maximum Gasteiger partial charge on any atom is 1.00 e. The fourth-order valence-corrected chi connectivity index (χ4v) is 4.00. The number of nitrogens with zero attached hydrogens (tertiary/aromatic N) is 3. The molecule has 15 nitrogen and oxygen atoms in total. The first-order valence-electron chi connectivity index (χ1n) is 7.20. The number of rotatable bonds is 6. The number of ether oxygens (including phenoxy) is 1. The van der Waals surface area contributed by atoms with Crippen LogP contribution in [0.1, 0.15) is 12.6 Å². The molecular weight excluding hydrogens is 481 g/mol. The van der Waals surface area contributed by atoms with E-state index in [4.69, 9.17) is 10.5 Å². The Balaban J connectivity index is 0.00000280. The van der Waals surface area contributed by atoms with Gasteiger partial charge in [0.05, 0.1) is 26.9 Å². The van der Waals surface area contributed by atoms with Gasteiger partial charge in [0.1, 0.15) is 12.3 Å². The van der Waals surface area contributed by atoms with Crippen molar-refractivity contribution in [3.8, 4) is 0 Å². The standard InChI is InChI=1S/C10H15N5O10P2.3Na/c11-10-13-8-7(9(17)14-10)12-3-15(8)6-1-4(16)5(24-6)2-23-27(21,22)25-26(18,19)20;;;/h3-6,16H,1-2H2,(H,21,22)(H2,18,19,20)(H3,11,13,14,17);;;/q;3*+1/p-3. The average molecular weight is 493 g/mol. The summed E-state index contributed by atoms with van der Waals surface area (Å²) < 4.78 is 35.9. The SMILES string of the molecule is Nc1nc2c(ncn2C2CC(O)C(COP(=O)([O-])OP(=O)([O-])[O-])O2)c(=O)[nH]1.[Na+].[Na+].[Na+]. The van der Waals surface area contributed by atoms with Crippen LogP contribution in [0.2, 0.25) is 0 Å². The normalized spacial score (nSPS) is 23.1. The molecule has 3 heterocycles. The number of aliphatic hydroxyl groups excluding tert-OH is 1. The van der Waals surface area contributed by atoms with E-state index in [2.05, 4.69) is 23.8 Å². The maximum atomic E-state index is 11.8. The third kappa shape index (κ3) is 7.97. The number of hydrogen-bond acceptors (Lipinski definition) is 13. The van der Waals surface area contributed by atoms with Crippen molar-refractivity contribution in [1.29, 1.82) is 0 Å². The number of anilines is 1. The Bertz CT molecular complexity index is 1010. The number of imidazole rings is 1. The predicted octanol–water partition coefficient (Wildman–Crippen LogP) is -12.3. The number of phosphoric acid groups is 2. The van der Waals surface area contributed by atoms with Gasteiger partial charge in [-0.25, -0.2) is 4.98 Å². The summed E-state index contributed by atoms with van der Waals surface area (Å²) in [5, 5.41) is 10.0. The zero-order valence-corrected chi connectivity index (χ0v) is 23.9. The van der Waals surface area contributed by atoms with E-state index in [-0.39, 0.29) is 112 Å². The van der Waals surface area contributed by atoms with Gasteiger partial charge < -0.3 is 39.3 Å². The van der Waals surface area contributed by atoms with Crippen molar-refractivity contribution in [2.45, 2.75) is 24.9 Å². The number of phosphoric ester groups is 1. The second-order valence-electron chi connectivity index (χ2n) is 5.48. The van der Waals surface area contributed by atoms with Gasteiger partial charge in [0, 0.05) is 6.42 Å². The Labute approximate surface area is 234 Å². The molecule has 30 heavy (non-hydrogen) atoms. The van der Waals surface area contributed by atoms with Gasteiger partial charge in [-0.1, -0.05) is 0 Å². The number of hydrogen-bond donors (Lipinski definition) is 3. The molecule has 0 saturated carbocycles. The molecule has 0 bridgehead atoms. The van der Waals surface area contributed by atoms with Gasteiger partial charge in [-0.3, -0.25) is 23.2 Å². The Morgan fingerprint density at radius 1 is 1.33 bits per heavy atom. The molecule has 2 aromatic rings. The first kappa shape index (κ1) is 31.3. The molecule has 4 unspecified atom stereocenters. The largest absolute Gasteiger partial charge is 1.00 e. The molecule has 150 valence electrons. The second kappa shape index (κ2) is 12.2. The molecule has 0 aromatic carbocycles. The zero-order valence-electron chi connectivity index (χ0n) is 16.2. The third-order valence-electron chi connectivity index (χ3n) is 3.56. The molecular formula is C10H12N5Na3O10P2. The van der Waals surface area contributed by atoms with Crippen LogP contribution in [-0.4, -0.2) is 43.4 Å². The van der Waals surface area contributed by atoms with E-state index in [1.807, 2.05) is 0 Å². The smallest absolute Gasteiger partial charge is 0.790 e. The van der Waals surface area contributed by atoms with Crippen LogP contribution in [0.25, 0.3) is 11.2 Å². The van der Waals surface area contributed by atoms with E-state index in [0.717, 1.165) is 0 Å². The molecule has 0 radical (unpaired) electrons. The maximum absolute atomic E-state index is 11.8. The van der Waals surface area contributed by atoms with Gasteiger partial charge in [-0.15, -0.1) is 0 Å². The van der Waals surface area contributed by atoms with Crippen molar-refractivity contribution in [2.75, 3.05) is 12.3 Å². The van der Waals surface area contributed by atoms with Crippen molar-refractivity contribution < 1.29 is 131 Å². The van der Waals surface area contributed by atoms with Crippen LogP contribution in [0, 0.1) is 0 Å². The van der Waals surface area contributed by atoms with Crippen LogP contribution in [-0.2, 0) is 22.7 Å². The summed E-state index contributed by atoms with van der Waals surface area (Å²) >= 11 is 0. The van der Waals surface area contributed by atoms with Gasteiger partial charge >= 0.3 is 88.7 Å². The fraction of sp³-hybridized carbons (Fsp3) is 0.500. The van der Waals surface area contributed by atoms with Crippen molar-refractivity contribution >= 4 is 32.8 Å². The van der Waals surface area contributed by atoms with E-state index in [9.17, 15) is 33.7 Å². The van der Waals surface area contributed by atoms with Crippen LogP contribution in [0.3, 0.4) is 0 Å². The van der Waals surface area contributed by atoms with Crippen molar-refractivity contribution in [3.05, 3.63) is 16.7 Å². The minimum atomic E-state index is -5.82. The number of nitrogens with two attached hydrogens (primary N) is 1. The predicted molar refractivity (Wildman–Crippen MR) is 79.3 cm³/mol. The first-order valence-corrected chi connectivity index (χ1v) is 10.1. The Hall–Kier alpha value is 1.33. The zero-order chi connectivity index (χ0) is 20.0. The number of fused-ring (bicyclic) bond motifs is 1. The van der Waals surface area contributed by atoms with Crippen LogP contribution >= 0.6 is 15.6 Å². The van der Waals surface area contributed by atoms with Crippen molar-refractivity contribution in [1.82, 2.24) is 19.5 Å². The van der Waals surface area contributed by atoms with Crippen LogP contribution in [0.5, 0.6) is 0 Å². The van der Waals surface area contributed by atoms with Gasteiger partial charge in [0.25, 0.3) is 13.4 Å². The van der Waals surface area contributed by atoms with Crippen molar-refractivity contribution in [3.63, 3.8) is 0 Å². The van der Waals surface area contributed by atoms with Gasteiger partial charge in [0.15, 0.2) is 11.2 Å². The molecule has 20 heteroatoms. The summed E-state index contributed by atoms with van der Waals surface area (Å²) in [4.78, 5) is 53.8. The van der Waals surface area contributed by atoms with Crippen molar-refractivity contribution in [2.24, 2.45) is 0 Å². The van der Waals surface area contributed by atoms with E-state index < -0.39 is 46.2 Å². The van der Waals surface area contributed by atoms with Crippen LogP contribution in [0.4, 0.5) is 5.95 Å². The topological polar surface area (TPSA) is 241 Å². The molecule has 1 saturated heterocycles. The summed E-state index contributed by atoms with van der Waals surface area (Å²) in [6, 6.07) is 0. The van der Waals surface area contributed by atoms with E-state index in [1.54, 1.807) is 0 Å². The number of nitrogen functional groups attached to an aromatic ring is 1. The molecule has 1 aliphatic heterocycles. The summed E-state index contributed by atoms with van der Waals surface area (Å²) in [5.41, 5.74) is 4.94. The molecule has 0 amide bonds. The summed E-state index contributed by atoms with van der Waals surface area (Å²) in [7, 11) is -11.3. The fourth-order valence-electron chi connectivity index (χ4n) is 2.50. The number of aromatic nitrogens is 4. The Kier molecular flexibility index (Phi) is 12.7. The molecule has 1 aliphatic rings. The van der Waals surface area contributed by atoms with E-state index >= 15 is 0 Å². The molecule has 0 aliphatic carbocycles. The summed E-state index contributed by atoms with van der Waals surface area (Å²) in [6.07, 6.45) is -2.17. The Morgan fingerprint density at radius 3 is 2.57 bits per heavy atom. The molecule has 4 atom stereocenters. The van der Waals surface area contributed by atoms with Crippen LogP contribution < -0.4 is 115 Å². The second-order valence-corrected chi connectivity index (χ2v) is 8.18. The summed E-state index contributed by atoms with van der Waals surface area (Å²) in [6.45, 7) is -0.818. The number of aliphatic hydroxyl groups is 1. The minimum absolute atomic E-state index is 0. The van der Waals surface area contributed by atoms with E-state index in [0.29, 0.717) is 0 Å². The number of H-pyrrole nitrogens is 1. The third-order valence-corrected chi connectivity index (χ3v) is 5.63. The van der Waals surface area contributed by atoms with E-state index in [1.165, 1.54) is 10.9 Å². The average Bonchev–Trinajstić information content (AvgIpc) is 3.06. The number of nitrogens with one attached hydrogen (secondary N) is 1. The molecule has 3 rings (SSSR count). The van der Waals surface area contributed by atoms with Gasteiger partial charge in [-0.2, -0.15) is 4.98 Å². The molecule has 2 aromatic heterocycles. The molecule has 1 fully saturated rings. The molecule has 0 spiro atoms. The van der Waals surface area contributed by atoms with Crippen LogP contribution in [0.15, 0.2) is 11.1 Å². The number of aromatic amines is 1. The Morgan fingerprint density at radius 2 is 1.97 bits per heavy atom. The minimum Gasteiger partial charge on any atom is -0.790 e. The molecule has 4 N–H and O–H groups in total. The van der Waals surface area contributed by atoms with Gasteiger partial charge in [-0.05, 0) is 0 Å². The first-order chi connectivity index (χ1) is 12.5. The summed E-state index contributed by atoms with van der Waals surface area (Å²) in [5.74, 6) is -0.170. The van der Waals surface area contributed by atoms with Gasteiger partial charge in [0.2, 0.25) is 5.95 Å². The monoisotopic (exact) mass is 493 g/mol.